The molecule has 4 rings (SSSR count). The van der Waals surface area contributed by atoms with Gasteiger partial charge in [-0.1, -0.05) is 59.4 Å². The Hall–Kier alpha value is -2.62. The highest BCUT2D eigenvalue weighted by Crippen LogP contribution is 2.32. The van der Waals surface area contributed by atoms with E-state index in [1.54, 1.807) is 13.8 Å². The van der Waals surface area contributed by atoms with Crippen molar-refractivity contribution in [2.45, 2.75) is 44.6 Å². The van der Waals surface area contributed by atoms with Crippen LogP contribution in [0.5, 0.6) is 0 Å². The first-order valence-corrected chi connectivity index (χ1v) is 12.3. The molecule has 1 unspecified atom stereocenters. The summed E-state index contributed by atoms with van der Waals surface area (Å²) in [6.45, 7) is 5.85. The van der Waals surface area contributed by atoms with E-state index in [0.717, 1.165) is 11.1 Å². The third kappa shape index (κ3) is 4.26. The number of hydrogen-bond donors (Lipinski definition) is 1. The molecule has 2 aromatic carbocycles. The smallest absolute Gasteiger partial charge is 0.244 e. The van der Waals surface area contributed by atoms with Crippen LogP contribution in [0.1, 0.15) is 29.5 Å². The van der Waals surface area contributed by atoms with Gasteiger partial charge >= 0.3 is 0 Å². The molecule has 1 aliphatic rings. The normalized spacial score (nSPS) is 17.1. The van der Waals surface area contributed by atoms with Crippen molar-refractivity contribution in [1.82, 2.24) is 14.5 Å². The summed E-state index contributed by atoms with van der Waals surface area (Å²) in [6.07, 6.45) is 1.10. The van der Waals surface area contributed by atoms with E-state index in [0.29, 0.717) is 45.5 Å². The standard InChI is InChI=1S/C22H24N4O3S2/c1-14-12-15(2)19(16(3)13-14)31(28,29)26-11-7-10-18(26)20(27)23-22-25-24-21(30-22)17-8-5-4-6-9-17/h4-6,8-9,12-13,18H,7,10-11H2,1-3H3,(H,23,25,27). The maximum Gasteiger partial charge on any atom is 0.244 e. The van der Waals surface area contributed by atoms with E-state index in [1.165, 1.54) is 15.6 Å². The first kappa shape index (κ1) is 21.6. The molecule has 2 heterocycles. The molecule has 1 saturated heterocycles. The van der Waals surface area contributed by atoms with Gasteiger partial charge in [0.25, 0.3) is 0 Å². The summed E-state index contributed by atoms with van der Waals surface area (Å²) in [5.41, 5.74) is 3.31. The first-order valence-electron chi connectivity index (χ1n) is 10.1. The van der Waals surface area contributed by atoms with Crippen LogP contribution in [0.15, 0.2) is 47.4 Å². The number of aromatic nitrogens is 2. The molecule has 162 valence electrons. The minimum absolute atomic E-state index is 0.292. The SMILES string of the molecule is Cc1cc(C)c(S(=O)(=O)N2CCCC2C(=O)Nc2nnc(-c3ccccc3)s2)c(C)c1. The van der Waals surface area contributed by atoms with E-state index in [-0.39, 0.29) is 5.91 Å². The second kappa shape index (κ2) is 8.49. The molecule has 1 fully saturated rings. The number of nitrogens with zero attached hydrogens (tertiary/aromatic N) is 3. The zero-order valence-electron chi connectivity index (χ0n) is 17.6. The zero-order chi connectivity index (χ0) is 22.2. The lowest BCUT2D eigenvalue weighted by atomic mass is 10.1. The van der Waals surface area contributed by atoms with Gasteiger partial charge in [0, 0.05) is 12.1 Å². The number of carbonyl (C=O) groups excluding carboxylic acids is 1. The van der Waals surface area contributed by atoms with Gasteiger partial charge in [0.05, 0.1) is 4.90 Å². The molecule has 1 N–H and O–H groups in total. The number of amides is 1. The molecule has 0 bridgehead atoms. The Morgan fingerprint density at radius 2 is 1.77 bits per heavy atom. The van der Waals surface area contributed by atoms with Gasteiger partial charge in [-0.15, -0.1) is 10.2 Å². The topological polar surface area (TPSA) is 92.3 Å². The third-order valence-electron chi connectivity index (χ3n) is 5.35. The zero-order valence-corrected chi connectivity index (χ0v) is 19.3. The number of rotatable bonds is 5. The fourth-order valence-corrected chi connectivity index (χ4v) is 6.96. The van der Waals surface area contributed by atoms with Gasteiger partial charge in [0.2, 0.25) is 21.1 Å². The van der Waals surface area contributed by atoms with Crippen LogP contribution < -0.4 is 5.32 Å². The second-order valence-corrected chi connectivity index (χ2v) is 10.6. The molecular weight excluding hydrogens is 432 g/mol. The van der Waals surface area contributed by atoms with Crippen molar-refractivity contribution in [3.05, 3.63) is 59.2 Å². The average molecular weight is 457 g/mol. The lowest BCUT2D eigenvalue weighted by Gasteiger charge is -2.25. The Kier molecular flexibility index (Phi) is 5.92. The largest absolute Gasteiger partial charge is 0.299 e. The van der Waals surface area contributed by atoms with Crippen molar-refractivity contribution in [3.8, 4) is 10.6 Å². The van der Waals surface area contributed by atoms with Crippen LogP contribution in [0.3, 0.4) is 0 Å². The molecule has 7 nitrogen and oxygen atoms in total. The first-order chi connectivity index (χ1) is 14.8. The fraction of sp³-hybridized carbons (Fsp3) is 0.318. The summed E-state index contributed by atoms with van der Waals surface area (Å²) in [5, 5.41) is 12.0. The Balaban J connectivity index is 1.56. The van der Waals surface area contributed by atoms with Crippen LogP contribution in [0.4, 0.5) is 5.13 Å². The average Bonchev–Trinajstić information content (AvgIpc) is 3.37. The van der Waals surface area contributed by atoms with E-state index in [1.807, 2.05) is 49.4 Å². The highest BCUT2D eigenvalue weighted by molar-refractivity contribution is 7.89. The monoisotopic (exact) mass is 456 g/mol. The predicted octanol–water partition coefficient (Wildman–Crippen LogP) is 3.92. The number of aryl methyl sites for hydroxylation is 3. The number of carbonyl (C=O) groups is 1. The van der Waals surface area contributed by atoms with Gasteiger partial charge in [0.1, 0.15) is 11.0 Å². The molecule has 9 heteroatoms. The van der Waals surface area contributed by atoms with Gasteiger partial charge in [-0.25, -0.2) is 8.42 Å². The van der Waals surface area contributed by atoms with Crippen molar-refractivity contribution in [2.24, 2.45) is 0 Å². The lowest BCUT2D eigenvalue weighted by Crippen LogP contribution is -2.43. The van der Waals surface area contributed by atoms with Crippen LogP contribution >= 0.6 is 11.3 Å². The fourth-order valence-electron chi connectivity index (χ4n) is 4.14. The molecule has 1 amide bonds. The number of anilines is 1. The molecule has 1 aliphatic heterocycles. The Morgan fingerprint density at radius 1 is 1.10 bits per heavy atom. The summed E-state index contributed by atoms with van der Waals surface area (Å²) >= 11 is 1.26. The molecule has 1 aromatic heterocycles. The summed E-state index contributed by atoms with van der Waals surface area (Å²) < 4.78 is 28.3. The van der Waals surface area contributed by atoms with Gasteiger partial charge in [-0.3, -0.25) is 10.1 Å². The molecular formula is C22H24N4O3S2. The summed E-state index contributed by atoms with van der Waals surface area (Å²) in [7, 11) is -3.80. The van der Waals surface area contributed by atoms with E-state index < -0.39 is 16.1 Å². The minimum Gasteiger partial charge on any atom is -0.299 e. The Morgan fingerprint density at radius 3 is 2.45 bits per heavy atom. The highest BCUT2D eigenvalue weighted by Gasteiger charge is 2.40. The maximum atomic E-state index is 13.5. The summed E-state index contributed by atoms with van der Waals surface area (Å²) in [4.78, 5) is 13.3. The van der Waals surface area contributed by atoms with E-state index in [4.69, 9.17) is 0 Å². The van der Waals surface area contributed by atoms with Crippen LogP contribution in [-0.2, 0) is 14.8 Å². The quantitative estimate of drug-likeness (QED) is 0.628. The maximum absolute atomic E-state index is 13.5. The van der Waals surface area contributed by atoms with Gasteiger partial charge in [-0.05, 0) is 44.7 Å². The van der Waals surface area contributed by atoms with Crippen LogP contribution in [-0.4, -0.2) is 41.4 Å². The van der Waals surface area contributed by atoms with Gasteiger partial charge < -0.3 is 0 Å². The van der Waals surface area contributed by atoms with Crippen LogP contribution in [0.25, 0.3) is 10.6 Å². The van der Waals surface area contributed by atoms with Crippen molar-refractivity contribution in [2.75, 3.05) is 11.9 Å². The Bertz CT molecular complexity index is 1200. The Labute approximate surface area is 186 Å². The van der Waals surface area contributed by atoms with Gasteiger partial charge in [-0.2, -0.15) is 4.31 Å². The van der Waals surface area contributed by atoms with Crippen LogP contribution in [0, 0.1) is 20.8 Å². The van der Waals surface area contributed by atoms with E-state index >= 15 is 0 Å². The molecule has 0 radical (unpaired) electrons. The third-order valence-corrected chi connectivity index (χ3v) is 8.46. The number of hydrogen-bond acceptors (Lipinski definition) is 6. The predicted molar refractivity (Wildman–Crippen MR) is 122 cm³/mol. The van der Waals surface area contributed by atoms with E-state index in [2.05, 4.69) is 15.5 Å². The van der Waals surface area contributed by atoms with Crippen molar-refractivity contribution >= 4 is 32.4 Å². The number of nitrogens with one attached hydrogen (secondary N) is 1. The van der Waals surface area contributed by atoms with Crippen LogP contribution in [0.2, 0.25) is 0 Å². The molecule has 1 atom stereocenters. The molecule has 0 spiro atoms. The minimum atomic E-state index is -3.80. The van der Waals surface area contributed by atoms with E-state index in [9.17, 15) is 13.2 Å². The summed E-state index contributed by atoms with van der Waals surface area (Å²) in [6, 6.07) is 12.5. The molecule has 0 aliphatic carbocycles. The highest BCUT2D eigenvalue weighted by atomic mass is 32.2. The van der Waals surface area contributed by atoms with Crippen molar-refractivity contribution in [1.29, 1.82) is 0 Å². The second-order valence-electron chi connectivity index (χ2n) is 7.77. The lowest BCUT2D eigenvalue weighted by molar-refractivity contribution is -0.119. The van der Waals surface area contributed by atoms with Crippen molar-refractivity contribution in [3.63, 3.8) is 0 Å². The van der Waals surface area contributed by atoms with Crippen molar-refractivity contribution < 1.29 is 13.2 Å². The van der Waals surface area contributed by atoms with Gasteiger partial charge in [0.15, 0.2) is 0 Å². The molecule has 31 heavy (non-hydrogen) atoms. The summed E-state index contributed by atoms with van der Waals surface area (Å²) in [5.74, 6) is -0.376. The number of sulfonamides is 1. The number of benzene rings is 2. The molecule has 0 saturated carbocycles. The molecule has 3 aromatic rings.